The van der Waals surface area contributed by atoms with Crippen molar-refractivity contribution in [1.82, 2.24) is 4.90 Å². The molecule has 0 aromatic heterocycles. The minimum atomic E-state index is -1.04. The number of carbonyl (C=O) groups is 3. The van der Waals surface area contributed by atoms with E-state index in [9.17, 15) is 14.4 Å². The number of rotatable bonds is 3. The number of methoxy groups -OCH3 is 1. The van der Waals surface area contributed by atoms with Crippen molar-refractivity contribution in [3.8, 4) is 0 Å². The highest BCUT2D eigenvalue weighted by molar-refractivity contribution is 6.00. The van der Waals surface area contributed by atoms with Crippen LogP contribution < -0.4 is 0 Å². The van der Waals surface area contributed by atoms with Gasteiger partial charge in [-0.05, 0) is 34.1 Å². The average molecular weight is 297 g/mol. The van der Waals surface area contributed by atoms with Gasteiger partial charge in [-0.15, -0.1) is 6.58 Å². The highest BCUT2D eigenvalue weighted by atomic mass is 16.6. The summed E-state index contributed by atoms with van der Waals surface area (Å²) in [6.07, 6.45) is 1.15. The molecule has 6 heteroatoms. The summed E-state index contributed by atoms with van der Waals surface area (Å²) >= 11 is 0. The number of ketones is 1. The molecule has 1 saturated heterocycles. The normalized spacial score (nSPS) is 25.7. The van der Waals surface area contributed by atoms with Crippen molar-refractivity contribution in [1.29, 1.82) is 0 Å². The molecule has 1 rings (SSSR count). The number of amides is 1. The first-order valence-corrected chi connectivity index (χ1v) is 6.78. The van der Waals surface area contributed by atoms with Crippen LogP contribution in [0, 0.1) is 5.41 Å². The predicted molar refractivity (Wildman–Crippen MR) is 76.7 cm³/mol. The SMILES string of the molecule is C=CCC1(C)C(=O)CN(C(=O)OC(C)(C)C)C1C(=O)OC. The third-order valence-electron chi connectivity index (χ3n) is 3.49. The highest BCUT2D eigenvalue weighted by Gasteiger charge is 2.56. The standard InChI is InChI=1S/C15H23NO5/c1-7-8-15(5)10(17)9-16(11(15)12(18)20-6)13(19)21-14(2,3)4/h7,11H,1,8-9H2,2-6H3. The van der Waals surface area contributed by atoms with Crippen LogP contribution in [0.25, 0.3) is 0 Å². The van der Waals surface area contributed by atoms with Gasteiger partial charge < -0.3 is 9.47 Å². The lowest BCUT2D eigenvalue weighted by Crippen LogP contribution is -2.49. The Morgan fingerprint density at radius 2 is 2.05 bits per heavy atom. The molecule has 21 heavy (non-hydrogen) atoms. The monoisotopic (exact) mass is 297 g/mol. The van der Waals surface area contributed by atoms with E-state index in [0.29, 0.717) is 0 Å². The van der Waals surface area contributed by atoms with Gasteiger partial charge in [0.05, 0.1) is 19.1 Å². The van der Waals surface area contributed by atoms with Crippen molar-refractivity contribution in [2.75, 3.05) is 13.7 Å². The van der Waals surface area contributed by atoms with Gasteiger partial charge in [0.15, 0.2) is 5.78 Å². The Morgan fingerprint density at radius 1 is 1.48 bits per heavy atom. The molecule has 2 atom stereocenters. The van der Waals surface area contributed by atoms with Crippen LogP contribution >= 0.6 is 0 Å². The molecular weight excluding hydrogens is 274 g/mol. The van der Waals surface area contributed by atoms with Crippen molar-refractivity contribution in [3.05, 3.63) is 12.7 Å². The molecule has 0 spiro atoms. The van der Waals surface area contributed by atoms with E-state index in [1.54, 1.807) is 33.8 Å². The van der Waals surface area contributed by atoms with E-state index in [-0.39, 0.29) is 18.7 Å². The summed E-state index contributed by atoms with van der Waals surface area (Å²) in [6, 6.07) is -0.997. The fourth-order valence-corrected chi connectivity index (χ4v) is 2.44. The van der Waals surface area contributed by atoms with Crippen molar-refractivity contribution in [2.24, 2.45) is 5.41 Å². The number of hydrogen-bond donors (Lipinski definition) is 0. The topological polar surface area (TPSA) is 72.9 Å². The maximum atomic E-state index is 12.3. The van der Waals surface area contributed by atoms with Gasteiger partial charge in [-0.2, -0.15) is 0 Å². The second-order valence-electron chi connectivity index (χ2n) is 6.37. The number of carbonyl (C=O) groups excluding carboxylic acids is 3. The summed E-state index contributed by atoms with van der Waals surface area (Å²) < 4.78 is 10.0. The summed E-state index contributed by atoms with van der Waals surface area (Å²) in [5.41, 5.74) is -1.75. The zero-order valence-corrected chi connectivity index (χ0v) is 13.3. The van der Waals surface area contributed by atoms with E-state index >= 15 is 0 Å². The molecule has 0 aromatic carbocycles. The van der Waals surface area contributed by atoms with Gasteiger partial charge in [-0.25, -0.2) is 9.59 Å². The Bertz CT molecular complexity index is 465. The lowest BCUT2D eigenvalue weighted by atomic mass is 9.78. The van der Waals surface area contributed by atoms with E-state index in [1.165, 1.54) is 7.11 Å². The molecule has 0 radical (unpaired) electrons. The first kappa shape index (κ1) is 17.2. The summed E-state index contributed by atoms with van der Waals surface area (Å²) in [5.74, 6) is -0.834. The minimum Gasteiger partial charge on any atom is -0.467 e. The number of allylic oxidation sites excluding steroid dienone is 1. The number of esters is 1. The molecular formula is C15H23NO5. The molecule has 0 aliphatic carbocycles. The van der Waals surface area contributed by atoms with Gasteiger partial charge in [0.1, 0.15) is 11.6 Å². The lowest BCUT2D eigenvalue weighted by Gasteiger charge is -2.32. The minimum absolute atomic E-state index is 0.168. The second-order valence-corrected chi connectivity index (χ2v) is 6.37. The first-order valence-electron chi connectivity index (χ1n) is 6.78. The van der Waals surface area contributed by atoms with Gasteiger partial charge in [0.25, 0.3) is 0 Å². The van der Waals surface area contributed by atoms with Crippen LogP contribution in [0.3, 0.4) is 0 Å². The summed E-state index contributed by atoms with van der Waals surface area (Å²) in [7, 11) is 1.23. The van der Waals surface area contributed by atoms with Gasteiger partial charge >= 0.3 is 12.1 Å². The lowest BCUT2D eigenvalue weighted by molar-refractivity contribution is -0.150. The molecule has 0 aromatic rings. The van der Waals surface area contributed by atoms with Crippen molar-refractivity contribution in [2.45, 2.75) is 45.8 Å². The van der Waals surface area contributed by atoms with Crippen LogP contribution in [-0.4, -0.2) is 48.0 Å². The Labute approximate surface area is 125 Å². The smallest absolute Gasteiger partial charge is 0.411 e. The van der Waals surface area contributed by atoms with Crippen LogP contribution in [0.2, 0.25) is 0 Å². The van der Waals surface area contributed by atoms with E-state index in [2.05, 4.69) is 6.58 Å². The molecule has 0 bridgehead atoms. The molecule has 1 amide bonds. The van der Waals surface area contributed by atoms with Gasteiger partial charge in [-0.1, -0.05) is 6.08 Å². The van der Waals surface area contributed by atoms with E-state index in [0.717, 1.165) is 4.90 Å². The third kappa shape index (κ3) is 3.43. The largest absolute Gasteiger partial charge is 0.467 e. The fraction of sp³-hybridized carbons (Fsp3) is 0.667. The molecule has 0 N–H and O–H groups in total. The van der Waals surface area contributed by atoms with Crippen LogP contribution in [-0.2, 0) is 19.1 Å². The van der Waals surface area contributed by atoms with Crippen molar-refractivity contribution >= 4 is 17.8 Å². The Hall–Kier alpha value is -1.85. The Morgan fingerprint density at radius 3 is 2.48 bits per heavy atom. The molecule has 1 aliphatic rings. The number of nitrogens with zero attached hydrogens (tertiary/aromatic N) is 1. The van der Waals surface area contributed by atoms with Gasteiger partial charge in [-0.3, -0.25) is 9.69 Å². The maximum absolute atomic E-state index is 12.3. The van der Waals surface area contributed by atoms with Gasteiger partial charge in [0.2, 0.25) is 0 Å². The number of likely N-dealkylation sites (tertiary alicyclic amines) is 1. The first-order chi connectivity index (χ1) is 9.56. The molecule has 118 valence electrons. The molecule has 1 fully saturated rings. The van der Waals surface area contributed by atoms with E-state index in [4.69, 9.17) is 9.47 Å². The average Bonchev–Trinajstić information content (AvgIpc) is 2.60. The van der Waals surface area contributed by atoms with Crippen LogP contribution in [0.15, 0.2) is 12.7 Å². The number of ether oxygens (including phenoxy) is 2. The Kier molecular flexibility index (Phi) is 4.81. The summed E-state index contributed by atoms with van der Waals surface area (Å²) in [6.45, 7) is 10.3. The van der Waals surface area contributed by atoms with Crippen molar-refractivity contribution in [3.63, 3.8) is 0 Å². The predicted octanol–water partition coefficient (Wildman–Crippen LogP) is 1.93. The molecule has 6 nitrogen and oxygen atoms in total. The summed E-state index contributed by atoms with van der Waals surface area (Å²) in [4.78, 5) is 37.8. The van der Waals surface area contributed by atoms with E-state index < -0.39 is 29.1 Å². The maximum Gasteiger partial charge on any atom is 0.411 e. The van der Waals surface area contributed by atoms with Crippen LogP contribution in [0.4, 0.5) is 4.79 Å². The van der Waals surface area contributed by atoms with Crippen LogP contribution in [0.1, 0.15) is 34.1 Å². The second kappa shape index (κ2) is 5.87. The molecule has 2 unspecified atom stereocenters. The van der Waals surface area contributed by atoms with Gasteiger partial charge in [0, 0.05) is 0 Å². The number of Topliss-reactive ketones (excluding diaryl/α,β-unsaturated/α-hetero) is 1. The van der Waals surface area contributed by atoms with Crippen LogP contribution in [0.5, 0.6) is 0 Å². The Balaban J connectivity index is 3.15. The highest BCUT2D eigenvalue weighted by Crippen LogP contribution is 2.38. The summed E-state index contributed by atoms with van der Waals surface area (Å²) in [5, 5.41) is 0. The van der Waals surface area contributed by atoms with Crippen molar-refractivity contribution < 1.29 is 23.9 Å². The molecule has 1 aliphatic heterocycles. The van der Waals surface area contributed by atoms with E-state index in [1.807, 2.05) is 0 Å². The fourth-order valence-electron chi connectivity index (χ4n) is 2.44. The quantitative estimate of drug-likeness (QED) is 0.588. The molecule has 1 heterocycles. The number of hydrogen-bond acceptors (Lipinski definition) is 5. The molecule has 0 saturated carbocycles. The zero-order valence-electron chi connectivity index (χ0n) is 13.3. The zero-order chi connectivity index (χ0) is 16.4. The third-order valence-corrected chi connectivity index (χ3v) is 3.49.